The lowest BCUT2D eigenvalue weighted by molar-refractivity contribution is -0.177. The van der Waals surface area contributed by atoms with E-state index in [0.717, 1.165) is 6.08 Å². The molecule has 1 heterocycles. The van der Waals surface area contributed by atoms with E-state index in [1.807, 2.05) is 18.2 Å². The Kier molecular flexibility index (Phi) is 10.9. The Balaban J connectivity index is 0.000000683. The average Bonchev–Trinajstić information content (AvgIpc) is 2.74. The molecule has 2 rings (SSSR count). The average molecular weight is 429 g/mol. The standard InChI is InChI=1S/C17H18O8.C5H5N/c1-2-24-16(22)17(23,10-13(18)19)11-15(21)25-14(20)9-8-12-6-4-3-5-7-12;1-2-4-6-5-3-1/h3-9,23H,2,10-11H2,1H3,(H,18,19);1-5H/b9-8+;. The molecule has 0 radical (unpaired) electrons. The number of carboxylic acids is 1. The third kappa shape index (κ3) is 10.5. The molecule has 2 aromatic rings. The molecule has 1 atom stereocenters. The van der Waals surface area contributed by atoms with Crippen molar-refractivity contribution >= 4 is 30.0 Å². The maximum atomic E-state index is 11.7. The highest BCUT2D eigenvalue weighted by Gasteiger charge is 2.43. The zero-order chi connectivity index (χ0) is 23.1. The van der Waals surface area contributed by atoms with Crippen molar-refractivity contribution in [2.24, 2.45) is 0 Å². The lowest BCUT2D eigenvalue weighted by Gasteiger charge is -2.22. The minimum Gasteiger partial charge on any atom is -0.481 e. The van der Waals surface area contributed by atoms with Crippen LogP contribution in [0.15, 0.2) is 67.0 Å². The molecule has 0 aliphatic heterocycles. The molecule has 31 heavy (non-hydrogen) atoms. The van der Waals surface area contributed by atoms with Crippen molar-refractivity contribution in [3.05, 3.63) is 72.6 Å². The Labute approximate surface area is 179 Å². The number of ether oxygens (including phenoxy) is 2. The van der Waals surface area contributed by atoms with Crippen molar-refractivity contribution in [2.75, 3.05) is 6.61 Å². The van der Waals surface area contributed by atoms with Crippen LogP contribution >= 0.6 is 0 Å². The zero-order valence-corrected chi connectivity index (χ0v) is 16.8. The first-order valence-corrected chi connectivity index (χ1v) is 9.21. The van der Waals surface area contributed by atoms with Gasteiger partial charge >= 0.3 is 23.9 Å². The first kappa shape index (κ1) is 25.2. The highest BCUT2D eigenvalue weighted by molar-refractivity contribution is 5.97. The van der Waals surface area contributed by atoms with Crippen LogP contribution in [-0.4, -0.2) is 51.3 Å². The molecule has 0 fully saturated rings. The van der Waals surface area contributed by atoms with E-state index in [-0.39, 0.29) is 6.61 Å². The van der Waals surface area contributed by atoms with Gasteiger partial charge in [-0.15, -0.1) is 0 Å². The van der Waals surface area contributed by atoms with Crippen LogP contribution in [0.4, 0.5) is 0 Å². The molecule has 0 spiro atoms. The third-order valence-corrected chi connectivity index (χ3v) is 3.53. The van der Waals surface area contributed by atoms with E-state index in [1.165, 1.54) is 13.0 Å². The van der Waals surface area contributed by atoms with Gasteiger partial charge < -0.3 is 19.7 Å². The predicted molar refractivity (Wildman–Crippen MR) is 109 cm³/mol. The van der Waals surface area contributed by atoms with E-state index in [4.69, 9.17) is 5.11 Å². The molecule has 2 N–H and O–H groups in total. The van der Waals surface area contributed by atoms with Gasteiger partial charge in [0, 0.05) is 18.5 Å². The SMILES string of the molecule is CCOC(=O)C(O)(CC(=O)O)CC(=O)OC(=O)/C=C/c1ccccc1.c1ccncc1. The maximum absolute atomic E-state index is 11.7. The number of aliphatic hydroxyl groups is 1. The fourth-order valence-corrected chi connectivity index (χ4v) is 2.18. The molecule has 0 amide bonds. The van der Waals surface area contributed by atoms with Gasteiger partial charge in [-0.05, 0) is 30.7 Å². The van der Waals surface area contributed by atoms with Gasteiger partial charge in [0.05, 0.1) is 19.4 Å². The summed E-state index contributed by atoms with van der Waals surface area (Å²) in [6.07, 6.45) is 3.82. The molecule has 0 bridgehead atoms. The number of aliphatic carboxylic acids is 1. The van der Waals surface area contributed by atoms with Crippen molar-refractivity contribution < 1.29 is 38.9 Å². The lowest BCUT2D eigenvalue weighted by Crippen LogP contribution is -2.44. The summed E-state index contributed by atoms with van der Waals surface area (Å²) in [7, 11) is 0. The number of hydrogen-bond acceptors (Lipinski definition) is 8. The van der Waals surface area contributed by atoms with E-state index in [1.54, 1.807) is 42.7 Å². The number of hydrogen-bond donors (Lipinski definition) is 2. The molecule has 9 heteroatoms. The molecule has 0 saturated heterocycles. The van der Waals surface area contributed by atoms with Crippen LogP contribution in [0.1, 0.15) is 25.3 Å². The van der Waals surface area contributed by atoms with Gasteiger partial charge in [0.15, 0.2) is 5.60 Å². The summed E-state index contributed by atoms with van der Waals surface area (Å²) in [5.41, 5.74) is -1.91. The Hall–Kier alpha value is -3.85. The number of benzene rings is 1. The molecule has 164 valence electrons. The smallest absolute Gasteiger partial charge is 0.339 e. The molecule has 1 aromatic carbocycles. The molecule has 0 aliphatic rings. The number of aromatic nitrogens is 1. The molecule has 0 saturated carbocycles. The van der Waals surface area contributed by atoms with Crippen LogP contribution in [0.3, 0.4) is 0 Å². The van der Waals surface area contributed by atoms with Gasteiger partial charge in [0.2, 0.25) is 0 Å². The van der Waals surface area contributed by atoms with E-state index in [2.05, 4.69) is 14.5 Å². The second-order valence-corrected chi connectivity index (χ2v) is 6.06. The first-order chi connectivity index (χ1) is 14.8. The Morgan fingerprint density at radius 3 is 2.10 bits per heavy atom. The van der Waals surface area contributed by atoms with Crippen molar-refractivity contribution in [3.63, 3.8) is 0 Å². The highest BCUT2D eigenvalue weighted by Crippen LogP contribution is 2.19. The maximum Gasteiger partial charge on any atom is 0.339 e. The quantitative estimate of drug-likeness (QED) is 0.366. The number of nitrogens with zero attached hydrogens (tertiary/aromatic N) is 1. The van der Waals surface area contributed by atoms with Crippen molar-refractivity contribution in [2.45, 2.75) is 25.4 Å². The lowest BCUT2D eigenvalue weighted by atomic mass is 9.96. The number of pyridine rings is 1. The van der Waals surface area contributed by atoms with Crippen molar-refractivity contribution in [1.29, 1.82) is 0 Å². The summed E-state index contributed by atoms with van der Waals surface area (Å²) < 4.78 is 9.01. The van der Waals surface area contributed by atoms with Crippen LogP contribution in [0.5, 0.6) is 0 Å². The van der Waals surface area contributed by atoms with Gasteiger partial charge in [-0.2, -0.15) is 0 Å². The monoisotopic (exact) mass is 429 g/mol. The van der Waals surface area contributed by atoms with Crippen LogP contribution in [0, 0.1) is 0 Å². The van der Waals surface area contributed by atoms with Crippen molar-refractivity contribution in [1.82, 2.24) is 4.98 Å². The summed E-state index contributed by atoms with van der Waals surface area (Å²) >= 11 is 0. The summed E-state index contributed by atoms with van der Waals surface area (Å²) in [5.74, 6) is -5.06. The fraction of sp³-hybridized carbons (Fsp3) is 0.227. The van der Waals surface area contributed by atoms with Gasteiger partial charge in [0.25, 0.3) is 0 Å². The zero-order valence-electron chi connectivity index (χ0n) is 16.8. The Morgan fingerprint density at radius 1 is 1.00 bits per heavy atom. The normalized spacial score (nSPS) is 12.1. The van der Waals surface area contributed by atoms with E-state index in [9.17, 15) is 24.3 Å². The molecule has 9 nitrogen and oxygen atoms in total. The highest BCUT2D eigenvalue weighted by atomic mass is 16.6. The Morgan fingerprint density at radius 2 is 1.61 bits per heavy atom. The molecule has 1 unspecified atom stereocenters. The van der Waals surface area contributed by atoms with E-state index < -0.39 is 42.3 Å². The largest absolute Gasteiger partial charge is 0.481 e. The number of carbonyl (C=O) groups is 4. The van der Waals surface area contributed by atoms with Crippen LogP contribution in [0.2, 0.25) is 0 Å². The van der Waals surface area contributed by atoms with Crippen LogP contribution < -0.4 is 0 Å². The summed E-state index contributed by atoms with van der Waals surface area (Å²) in [4.78, 5) is 49.6. The molecular formula is C22H23NO8. The van der Waals surface area contributed by atoms with Gasteiger partial charge in [-0.3, -0.25) is 14.6 Å². The number of carboxylic acid groups (broad SMARTS) is 1. The summed E-state index contributed by atoms with van der Waals surface area (Å²) in [6, 6.07) is 14.4. The third-order valence-electron chi connectivity index (χ3n) is 3.53. The number of esters is 3. The topological polar surface area (TPSA) is 140 Å². The molecule has 1 aromatic heterocycles. The number of carbonyl (C=O) groups excluding carboxylic acids is 3. The summed E-state index contributed by atoms with van der Waals surface area (Å²) in [5, 5.41) is 18.9. The second-order valence-electron chi connectivity index (χ2n) is 6.06. The van der Waals surface area contributed by atoms with Gasteiger partial charge in [0.1, 0.15) is 0 Å². The van der Waals surface area contributed by atoms with Gasteiger partial charge in [-0.1, -0.05) is 36.4 Å². The molecular weight excluding hydrogens is 406 g/mol. The van der Waals surface area contributed by atoms with Gasteiger partial charge in [-0.25, -0.2) is 9.59 Å². The second kappa shape index (κ2) is 13.4. The minimum atomic E-state index is -2.61. The van der Waals surface area contributed by atoms with Crippen LogP contribution in [0.25, 0.3) is 6.08 Å². The minimum absolute atomic E-state index is 0.117. The fourth-order valence-electron chi connectivity index (χ4n) is 2.18. The molecule has 0 aliphatic carbocycles. The first-order valence-electron chi connectivity index (χ1n) is 9.21. The van der Waals surface area contributed by atoms with E-state index >= 15 is 0 Å². The van der Waals surface area contributed by atoms with Crippen LogP contribution in [-0.2, 0) is 28.7 Å². The van der Waals surface area contributed by atoms with Crippen molar-refractivity contribution in [3.8, 4) is 0 Å². The summed E-state index contributed by atoms with van der Waals surface area (Å²) in [6.45, 7) is 1.34. The predicted octanol–water partition coefficient (Wildman–Crippen LogP) is 2.01. The Bertz CT molecular complexity index is 856. The van der Waals surface area contributed by atoms with E-state index in [0.29, 0.717) is 5.56 Å². The number of rotatable bonds is 8.